The Morgan fingerprint density at radius 3 is 2.62 bits per heavy atom. The third-order valence-corrected chi connectivity index (χ3v) is 5.43. The molecule has 1 aliphatic carbocycles. The summed E-state index contributed by atoms with van der Waals surface area (Å²) in [6.07, 6.45) is 2.66. The van der Waals surface area contributed by atoms with Crippen LogP contribution in [0.3, 0.4) is 0 Å². The van der Waals surface area contributed by atoms with Gasteiger partial charge in [0.2, 0.25) is 0 Å². The highest BCUT2D eigenvalue weighted by Crippen LogP contribution is 2.33. The molecular weight excluding hydrogens is 387 g/mol. The zero-order chi connectivity index (χ0) is 21.0. The van der Waals surface area contributed by atoms with E-state index in [2.05, 4.69) is 0 Å². The van der Waals surface area contributed by atoms with Crippen LogP contribution in [0.25, 0.3) is 0 Å². The molecule has 5 nitrogen and oxygen atoms in total. The normalized spacial score (nSPS) is 19.1. The Bertz CT molecular complexity index is 784. The fourth-order valence-electron chi connectivity index (χ4n) is 3.95. The van der Waals surface area contributed by atoms with E-state index in [0.29, 0.717) is 12.3 Å². The highest BCUT2D eigenvalue weighted by molar-refractivity contribution is 5.94. The first-order chi connectivity index (χ1) is 13.8. The number of benzene rings is 1. The first-order valence-corrected chi connectivity index (χ1v) is 9.72. The van der Waals surface area contributed by atoms with Crippen molar-refractivity contribution in [2.24, 2.45) is 5.92 Å². The smallest absolute Gasteiger partial charge is 0.416 e. The van der Waals surface area contributed by atoms with E-state index in [0.717, 1.165) is 37.8 Å². The fourth-order valence-corrected chi connectivity index (χ4v) is 3.95. The summed E-state index contributed by atoms with van der Waals surface area (Å²) in [6, 6.07) is 3.74. The van der Waals surface area contributed by atoms with Gasteiger partial charge in [-0.1, -0.05) is 38.2 Å². The molecule has 1 atom stereocenters. The molecule has 29 heavy (non-hydrogen) atoms. The van der Waals surface area contributed by atoms with Crippen molar-refractivity contribution in [3.63, 3.8) is 0 Å². The van der Waals surface area contributed by atoms with Gasteiger partial charge in [0.15, 0.2) is 0 Å². The summed E-state index contributed by atoms with van der Waals surface area (Å²) in [6.45, 7) is 0.0154. The van der Waals surface area contributed by atoms with E-state index in [1.807, 2.05) is 0 Å². The van der Waals surface area contributed by atoms with Gasteiger partial charge >= 0.3 is 12.1 Å². The molecule has 1 aromatic rings. The quantitative estimate of drug-likeness (QED) is 0.654. The highest BCUT2D eigenvalue weighted by atomic mass is 19.4. The van der Waals surface area contributed by atoms with Gasteiger partial charge in [0.25, 0.3) is 5.91 Å². The van der Waals surface area contributed by atoms with E-state index in [1.54, 1.807) is 0 Å². The Labute approximate surface area is 167 Å². The van der Waals surface area contributed by atoms with Crippen LogP contribution in [0, 0.1) is 5.92 Å². The number of ether oxygens (including phenoxy) is 2. The molecule has 2 aliphatic rings. The summed E-state index contributed by atoms with van der Waals surface area (Å²) in [4.78, 5) is 26.2. The summed E-state index contributed by atoms with van der Waals surface area (Å²) in [5, 5.41) is 0. The molecule has 3 rings (SSSR count). The van der Waals surface area contributed by atoms with Crippen LogP contribution in [-0.2, 0) is 20.5 Å². The molecule has 1 saturated carbocycles. The molecule has 1 unspecified atom stereocenters. The third-order valence-electron chi connectivity index (χ3n) is 5.43. The van der Waals surface area contributed by atoms with Crippen LogP contribution in [0.2, 0.25) is 0 Å². The summed E-state index contributed by atoms with van der Waals surface area (Å²) in [5.41, 5.74) is -0.832. The summed E-state index contributed by atoms with van der Waals surface area (Å²) >= 11 is 0. The number of hydrogen-bond acceptors (Lipinski definition) is 4. The van der Waals surface area contributed by atoms with Gasteiger partial charge in [0, 0.05) is 6.08 Å². The number of alkyl halides is 3. The van der Waals surface area contributed by atoms with Crippen LogP contribution < -0.4 is 4.74 Å². The molecule has 158 valence electrons. The number of halogens is 3. The number of nitrogens with zero attached hydrogens (tertiary/aromatic N) is 1. The molecule has 0 bridgehead atoms. The maximum absolute atomic E-state index is 12.9. The molecule has 0 radical (unpaired) electrons. The summed E-state index contributed by atoms with van der Waals surface area (Å²) in [5.74, 6) is -0.362. The summed E-state index contributed by atoms with van der Waals surface area (Å²) in [7, 11) is 1.28. The molecule has 1 aliphatic heterocycles. The lowest BCUT2D eigenvalue weighted by Gasteiger charge is -2.30. The Kier molecular flexibility index (Phi) is 6.49. The minimum atomic E-state index is -4.48. The first kappa shape index (κ1) is 21.2. The predicted octanol–water partition coefficient (Wildman–Crippen LogP) is 4.32. The standard InChI is InChI=1S/C21H24F3NO4/c1-28-20(27)18(10-14-6-3-2-4-7-14)25-13-17(12-19(25)26)29-16-9-5-8-15(11-16)21(22,23)24/h5,8-9,11-12,14,18H,2-4,6-7,10,13H2,1H3. The van der Waals surface area contributed by atoms with E-state index in [1.165, 1.54) is 36.6 Å². The zero-order valence-corrected chi connectivity index (χ0v) is 16.2. The Hall–Kier alpha value is -2.51. The largest absolute Gasteiger partial charge is 0.467 e. The number of carbonyl (C=O) groups excluding carboxylic acids is 2. The molecule has 1 aromatic carbocycles. The van der Waals surface area contributed by atoms with Crippen molar-refractivity contribution in [1.29, 1.82) is 0 Å². The van der Waals surface area contributed by atoms with Crippen LogP contribution in [0.15, 0.2) is 36.1 Å². The second-order valence-corrected chi connectivity index (χ2v) is 7.48. The third kappa shape index (κ3) is 5.31. The molecule has 0 N–H and O–H groups in total. The van der Waals surface area contributed by atoms with Crippen molar-refractivity contribution >= 4 is 11.9 Å². The zero-order valence-electron chi connectivity index (χ0n) is 16.2. The lowest BCUT2D eigenvalue weighted by Crippen LogP contribution is -2.44. The molecule has 8 heteroatoms. The number of hydrogen-bond donors (Lipinski definition) is 0. The lowest BCUT2D eigenvalue weighted by atomic mass is 9.84. The van der Waals surface area contributed by atoms with Crippen molar-refractivity contribution in [1.82, 2.24) is 4.90 Å². The van der Waals surface area contributed by atoms with Crippen molar-refractivity contribution in [2.45, 2.75) is 50.7 Å². The molecule has 0 aromatic heterocycles. The van der Waals surface area contributed by atoms with Crippen LogP contribution >= 0.6 is 0 Å². The van der Waals surface area contributed by atoms with Crippen LogP contribution in [0.5, 0.6) is 5.75 Å². The number of amides is 1. The van der Waals surface area contributed by atoms with Crippen molar-refractivity contribution in [3.8, 4) is 5.75 Å². The second kappa shape index (κ2) is 8.88. The number of methoxy groups -OCH3 is 1. The van der Waals surface area contributed by atoms with Gasteiger partial charge in [0.1, 0.15) is 17.6 Å². The number of carbonyl (C=O) groups is 2. The van der Waals surface area contributed by atoms with E-state index in [9.17, 15) is 22.8 Å². The topological polar surface area (TPSA) is 55.8 Å². The van der Waals surface area contributed by atoms with Gasteiger partial charge in [0.05, 0.1) is 19.2 Å². The van der Waals surface area contributed by atoms with Gasteiger partial charge in [-0.2, -0.15) is 13.2 Å². The van der Waals surface area contributed by atoms with E-state index in [-0.39, 0.29) is 18.1 Å². The van der Waals surface area contributed by atoms with Crippen LogP contribution in [0.4, 0.5) is 13.2 Å². The second-order valence-electron chi connectivity index (χ2n) is 7.48. The van der Waals surface area contributed by atoms with Crippen LogP contribution in [-0.4, -0.2) is 36.5 Å². The van der Waals surface area contributed by atoms with Gasteiger partial charge in [-0.05, 0) is 30.5 Å². The Balaban J connectivity index is 1.69. The van der Waals surface area contributed by atoms with Crippen molar-refractivity contribution in [3.05, 3.63) is 41.7 Å². The minimum Gasteiger partial charge on any atom is -0.467 e. The highest BCUT2D eigenvalue weighted by Gasteiger charge is 2.37. The van der Waals surface area contributed by atoms with E-state index < -0.39 is 29.7 Å². The van der Waals surface area contributed by atoms with E-state index >= 15 is 0 Å². The monoisotopic (exact) mass is 411 g/mol. The summed E-state index contributed by atoms with van der Waals surface area (Å²) < 4.78 is 49.0. The van der Waals surface area contributed by atoms with Gasteiger partial charge in [-0.25, -0.2) is 4.79 Å². The molecule has 1 amide bonds. The average molecular weight is 411 g/mol. The molecule has 1 fully saturated rings. The minimum absolute atomic E-state index is 0.0115. The molecule has 0 saturated heterocycles. The SMILES string of the molecule is COC(=O)C(CC1CCCCC1)N1CC(Oc2cccc(C(F)(F)F)c2)=CC1=O. The fraction of sp³-hybridized carbons (Fsp3) is 0.524. The van der Waals surface area contributed by atoms with Crippen LogP contribution in [0.1, 0.15) is 44.1 Å². The van der Waals surface area contributed by atoms with Gasteiger partial charge < -0.3 is 14.4 Å². The molecule has 1 heterocycles. The van der Waals surface area contributed by atoms with E-state index in [4.69, 9.17) is 9.47 Å². The maximum Gasteiger partial charge on any atom is 0.416 e. The van der Waals surface area contributed by atoms with Gasteiger partial charge in [-0.15, -0.1) is 0 Å². The lowest BCUT2D eigenvalue weighted by molar-refractivity contribution is -0.151. The first-order valence-electron chi connectivity index (χ1n) is 9.72. The number of esters is 1. The Morgan fingerprint density at radius 2 is 1.97 bits per heavy atom. The molecule has 0 spiro atoms. The maximum atomic E-state index is 12.9. The average Bonchev–Trinajstić information content (AvgIpc) is 3.05. The van der Waals surface area contributed by atoms with Crippen molar-refractivity contribution in [2.75, 3.05) is 13.7 Å². The molecular formula is C21H24F3NO4. The Morgan fingerprint density at radius 1 is 1.24 bits per heavy atom. The van der Waals surface area contributed by atoms with Gasteiger partial charge in [-0.3, -0.25) is 4.79 Å². The van der Waals surface area contributed by atoms with Crippen molar-refractivity contribution < 1.29 is 32.2 Å². The number of rotatable bonds is 6. The predicted molar refractivity (Wildman–Crippen MR) is 98.9 cm³/mol.